The monoisotopic (exact) mass is 194 g/mol. The minimum absolute atomic E-state index is 0.137. The van der Waals surface area contributed by atoms with Crippen LogP contribution in [-0.4, -0.2) is 8.42 Å². The summed E-state index contributed by atoms with van der Waals surface area (Å²) in [7, 11) is -3.42. The molecule has 1 aromatic carbocycles. The van der Waals surface area contributed by atoms with Crippen molar-refractivity contribution in [3.8, 4) is 6.07 Å². The van der Waals surface area contributed by atoms with Crippen molar-refractivity contribution in [3.05, 3.63) is 29.3 Å². The predicted octanol–water partition coefficient (Wildman–Crippen LogP) is 0.350. The number of fused-ring (bicyclic) bond motifs is 1. The zero-order valence-electron chi connectivity index (χ0n) is 6.61. The smallest absolute Gasteiger partial charge is 0.207 e. The Balaban J connectivity index is 2.83. The van der Waals surface area contributed by atoms with Crippen molar-refractivity contribution in [1.82, 2.24) is 4.72 Å². The van der Waals surface area contributed by atoms with E-state index in [1.165, 1.54) is 6.07 Å². The van der Waals surface area contributed by atoms with Gasteiger partial charge in [-0.25, -0.2) is 13.1 Å². The van der Waals surface area contributed by atoms with Gasteiger partial charge in [0.15, 0.2) is 0 Å². The van der Waals surface area contributed by atoms with Gasteiger partial charge in [-0.05, 0) is 11.6 Å². The van der Waals surface area contributed by atoms with Crippen molar-refractivity contribution in [1.29, 1.82) is 5.26 Å². The number of rotatable bonds is 0. The van der Waals surface area contributed by atoms with E-state index in [1.807, 2.05) is 6.07 Å². The molecule has 13 heavy (non-hydrogen) atoms. The topological polar surface area (TPSA) is 70.0 Å². The molecule has 0 radical (unpaired) electrons. The lowest BCUT2D eigenvalue weighted by atomic mass is 10.1. The molecule has 0 spiro atoms. The van der Waals surface area contributed by atoms with Gasteiger partial charge in [-0.2, -0.15) is 5.26 Å². The Morgan fingerprint density at radius 2 is 2.23 bits per heavy atom. The van der Waals surface area contributed by atoms with E-state index >= 15 is 0 Å². The number of sulfonamides is 1. The molecule has 1 aromatic rings. The Morgan fingerprint density at radius 1 is 1.46 bits per heavy atom. The van der Waals surface area contributed by atoms with Crippen LogP contribution in [0, 0.1) is 11.3 Å². The van der Waals surface area contributed by atoms with Crippen LogP contribution in [0.3, 0.4) is 0 Å². The van der Waals surface area contributed by atoms with Gasteiger partial charge in [-0.1, -0.05) is 12.1 Å². The Labute approximate surface area is 75.9 Å². The van der Waals surface area contributed by atoms with Gasteiger partial charge in [-0.15, -0.1) is 0 Å². The van der Waals surface area contributed by atoms with Gasteiger partial charge in [-0.3, -0.25) is 0 Å². The number of nitrogens with one attached hydrogen (secondary N) is 1. The normalized spacial score (nSPS) is 17.8. The molecule has 0 saturated heterocycles. The van der Waals surface area contributed by atoms with Crippen LogP contribution in [-0.2, 0) is 16.6 Å². The fourth-order valence-corrected chi connectivity index (χ4v) is 2.75. The van der Waals surface area contributed by atoms with Gasteiger partial charge < -0.3 is 0 Å². The number of nitrogens with zero attached hydrogens (tertiary/aromatic N) is 1. The first-order valence-electron chi connectivity index (χ1n) is 3.67. The Hall–Kier alpha value is -1.38. The van der Waals surface area contributed by atoms with E-state index in [0.29, 0.717) is 5.56 Å². The Morgan fingerprint density at radius 3 is 2.92 bits per heavy atom. The Kier molecular flexibility index (Phi) is 1.62. The van der Waals surface area contributed by atoms with Crippen LogP contribution in [0.5, 0.6) is 0 Å². The van der Waals surface area contributed by atoms with Crippen molar-refractivity contribution in [2.24, 2.45) is 0 Å². The highest BCUT2D eigenvalue weighted by Crippen LogP contribution is 2.25. The van der Waals surface area contributed by atoms with Crippen molar-refractivity contribution >= 4 is 10.0 Å². The summed E-state index contributed by atoms with van der Waals surface area (Å²) >= 11 is 0. The predicted molar refractivity (Wildman–Crippen MR) is 45.2 cm³/mol. The van der Waals surface area contributed by atoms with E-state index in [-0.39, 0.29) is 17.0 Å². The fraction of sp³-hybridized carbons (Fsp3) is 0.125. The molecule has 0 unspecified atom stereocenters. The van der Waals surface area contributed by atoms with E-state index in [1.54, 1.807) is 12.1 Å². The molecule has 1 N–H and O–H groups in total. The molecule has 0 saturated carbocycles. The summed E-state index contributed by atoms with van der Waals surface area (Å²) in [6, 6.07) is 6.75. The molecule has 0 atom stereocenters. The van der Waals surface area contributed by atoms with Gasteiger partial charge in [0.25, 0.3) is 0 Å². The summed E-state index contributed by atoms with van der Waals surface area (Å²) in [5.41, 5.74) is 0.876. The molecule has 0 fully saturated rings. The zero-order valence-corrected chi connectivity index (χ0v) is 7.43. The average molecular weight is 194 g/mol. The number of benzene rings is 1. The van der Waals surface area contributed by atoms with E-state index in [2.05, 4.69) is 4.72 Å². The average Bonchev–Trinajstić information content (AvgIpc) is 2.43. The van der Waals surface area contributed by atoms with E-state index in [4.69, 9.17) is 5.26 Å². The van der Waals surface area contributed by atoms with Gasteiger partial charge in [0.05, 0.1) is 5.56 Å². The maximum Gasteiger partial charge on any atom is 0.242 e. The molecule has 0 amide bonds. The largest absolute Gasteiger partial charge is 0.242 e. The van der Waals surface area contributed by atoms with Gasteiger partial charge in [0, 0.05) is 6.54 Å². The third-order valence-corrected chi connectivity index (χ3v) is 3.48. The highest BCUT2D eigenvalue weighted by Gasteiger charge is 2.28. The molecule has 4 nitrogen and oxygen atoms in total. The molecule has 1 aliphatic rings. The van der Waals surface area contributed by atoms with Gasteiger partial charge in [0.2, 0.25) is 10.0 Å². The summed E-state index contributed by atoms with van der Waals surface area (Å²) in [5.74, 6) is 0. The van der Waals surface area contributed by atoms with Gasteiger partial charge >= 0.3 is 0 Å². The maximum absolute atomic E-state index is 11.4. The number of nitriles is 1. The van der Waals surface area contributed by atoms with Crippen LogP contribution in [0.1, 0.15) is 11.1 Å². The second-order valence-electron chi connectivity index (χ2n) is 2.73. The van der Waals surface area contributed by atoms with Crippen molar-refractivity contribution in [2.75, 3.05) is 0 Å². The first-order valence-corrected chi connectivity index (χ1v) is 5.15. The third kappa shape index (κ3) is 1.11. The fourth-order valence-electron chi connectivity index (χ4n) is 1.37. The van der Waals surface area contributed by atoms with Crippen LogP contribution >= 0.6 is 0 Å². The molecule has 66 valence electrons. The SMILES string of the molecule is N#Cc1cccc2c1S(=O)(=O)NC2. The van der Waals surface area contributed by atoms with Crippen molar-refractivity contribution in [3.63, 3.8) is 0 Å². The minimum atomic E-state index is -3.42. The Bertz CT molecular complexity index is 499. The summed E-state index contributed by atoms with van der Waals surface area (Å²) in [4.78, 5) is 0.137. The molecule has 0 aliphatic carbocycles. The lowest BCUT2D eigenvalue weighted by Crippen LogP contribution is -2.14. The van der Waals surface area contributed by atoms with E-state index < -0.39 is 10.0 Å². The molecule has 5 heteroatoms. The second kappa shape index (κ2) is 2.55. The minimum Gasteiger partial charge on any atom is -0.207 e. The maximum atomic E-state index is 11.4. The van der Waals surface area contributed by atoms with Crippen molar-refractivity contribution < 1.29 is 8.42 Å². The molecular formula is C8H6N2O2S. The van der Waals surface area contributed by atoms with Crippen LogP contribution < -0.4 is 4.72 Å². The second-order valence-corrected chi connectivity index (χ2v) is 4.43. The van der Waals surface area contributed by atoms with Crippen LogP contribution in [0.15, 0.2) is 23.1 Å². The highest BCUT2D eigenvalue weighted by atomic mass is 32.2. The molecule has 0 aromatic heterocycles. The lowest BCUT2D eigenvalue weighted by Gasteiger charge is -1.97. The highest BCUT2D eigenvalue weighted by molar-refractivity contribution is 7.89. The summed E-state index contributed by atoms with van der Waals surface area (Å²) in [6.45, 7) is 0.285. The standard InChI is InChI=1S/C8H6N2O2S/c9-4-6-2-1-3-7-5-10-13(11,12)8(6)7/h1-3,10H,5H2. The molecule has 0 bridgehead atoms. The summed E-state index contributed by atoms with van der Waals surface area (Å²) in [5, 5.41) is 8.69. The number of hydrogen-bond donors (Lipinski definition) is 1. The molecule has 2 rings (SSSR count). The quantitative estimate of drug-likeness (QED) is 0.647. The molecule has 1 heterocycles. The zero-order chi connectivity index (χ0) is 9.47. The van der Waals surface area contributed by atoms with Gasteiger partial charge in [0.1, 0.15) is 11.0 Å². The number of hydrogen-bond acceptors (Lipinski definition) is 3. The first-order chi connectivity index (χ1) is 6.15. The summed E-state index contributed by atoms with van der Waals surface area (Å²) in [6.07, 6.45) is 0. The summed E-state index contributed by atoms with van der Waals surface area (Å²) < 4.78 is 25.1. The van der Waals surface area contributed by atoms with E-state index in [9.17, 15) is 8.42 Å². The lowest BCUT2D eigenvalue weighted by molar-refractivity contribution is 0.589. The van der Waals surface area contributed by atoms with Crippen LogP contribution in [0.4, 0.5) is 0 Å². The van der Waals surface area contributed by atoms with E-state index in [0.717, 1.165) is 0 Å². The third-order valence-electron chi connectivity index (χ3n) is 1.94. The first kappa shape index (κ1) is 8.23. The molecular weight excluding hydrogens is 188 g/mol. The van der Waals surface area contributed by atoms with Crippen LogP contribution in [0.25, 0.3) is 0 Å². The van der Waals surface area contributed by atoms with Crippen molar-refractivity contribution in [2.45, 2.75) is 11.4 Å². The molecule has 1 aliphatic heterocycles. The van der Waals surface area contributed by atoms with Crippen LogP contribution in [0.2, 0.25) is 0 Å².